The Morgan fingerprint density at radius 1 is 1.34 bits per heavy atom. The van der Waals surface area contributed by atoms with Gasteiger partial charge < -0.3 is 14.8 Å². The number of thiophene rings is 1. The maximum Gasteiger partial charge on any atom is 0.341 e. The van der Waals surface area contributed by atoms with Gasteiger partial charge in [0, 0.05) is 23.1 Å². The lowest BCUT2D eigenvalue weighted by atomic mass is 9.88. The number of nitro benzene ring substituents is 1. The molecule has 3 rings (SSSR count). The van der Waals surface area contributed by atoms with Crippen molar-refractivity contribution >= 4 is 45.9 Å². The fraction of sp³-hybridized carbons (Fsp3) is 0.318. The van der Waals surface area contributed by atoms with Gasteiger partial charge in [-0.25, -0.2) is 9.59 Å². The van der Waals surface area contributed by atoms with Crippen LogP contribution in [0.5, 0.6) is 0 Å². The molecule has 0 bridgehead atoms. The van der Waals surface area contributed by atoms with Crippen LogP contribution in [0.15, 0.2) is 30.3 Å². The van der Waals surface area contributed by atoms with Gasteiger partial charge in [0.15, 0.2) is 6.61 Å². The Morgan fingerprint density at radius 3 is 2.84 bits per heavy atom. The predicted octanol–water partition coefficient (Wildman–Crippen LogP) is 3.76. The van der Waals surface area contributed by atoms with Crippen molar-refractivity contribution in [3.05, 3.63) is 62.0 Å². The summed E-state index contributed by atoms with van der Waals surface area (Å²) in [4.78, 5) is 47.8. The van der Waals surface area contributed by atoms with Gasteiger partial charge in [0.1, 0.15) is 5.00 Å². The maximum absolute atomic E-state index is 12.3. The molecule has 2 aromatic rings. The Bertz CT molecular complexity index is 1090. The smallest absolute Gasteiger partial charge is 0.341 e. The summed E-state index contributed by atoms with van der Waals surface area (Å²) in [5.74, 6) is -1.38. The molecule has 168 valence electrons. The van der Waals surface area contributed by atoms with E-state index in [1.165, 1.54) is 42.7 Å². The highest BCUT2D eigenvalue weighted by molar-refractivity contribution is 7.17. The number of nitro groups is 1. The number of hydrogen-bond donors (Lipinski definition) is 1. The third-order valence-electron chi connectivity index (χ3n) is 4.99. The SMILES string of the molecule is COC(=O)c1c(NC(=O)COC(=O)C=Cc2cccc([N+](=O)[O-])c2)sc2c1CCC(C)C2. The van der Waals surface area contributed by atoms with E-state index in [1.807, 2.05) is 0 Å². The predicted molar refractivity (Wildman–Crippen MR) is 119 cm³/mol. The van der Waals surface area contributed by atoms with E-state index in [1.54, 1.807) is 6.07 Å². The maximum atomic E-state index is 12.3. The van der Waals surface area contributed by atoms with Crippen molar-refractivity contribution in [1.82, 2.24) is 0 Å². The number of nitrogens with zero attached hydrogens (tertiary/aromatic N) is 1. The average Bonchev–Trinajstić information content (AvgIpc) is 3.12. The van der Waals surface area contributed by atoms with Crippen molar-refractivity contribution in [2.75, 3.05) is 19.0 Å². The fourth-order valence-electron chi connectivity index (χ4n) is 3.41. The Balaban J connectivity index is 1.61. The van der Waals surface area contributed by atoms with Gasteiger partial charge >= 0.3 is 11.9 Å². The van der Waals surface area contributed by atoms with E-state index in [-0.39, 0.29) is 5.69 Å². The van der Waals surface area contributed by atoms with E-state index >= 15 is 0 Å². The number of ether oxygens (including phenoxy) is 2. The van der Waals surface area contributed by atoms with E-state index in [0.29, 0.717) is 22.0 Å². The number of rotatable bonds is 7. The number of hydrogen-bond acceptors (Lipinski definition) is 8. The molecule has 0 fully saturated rings. The second kappa shape index (κ2) is 10.2. The van der Waals surface area contributed by atoms with Crippen LogP contribution in [0.25, 0.3) is 6.08 Å². The molecule has 1 amide bonds. The van der Waals surface area contributed by atoms with Crippen molar-refractivity contribution in [2.45, 2.75) is 26.2 Å². The number of non-ortho nitro benzene ring substituents is 1. The molecule has 0 spiro atoms. The first-order valence-corrected chi connectivity index (χ1v) is 10.7. The average molecular weight is 458 g/mol. The lowest BCUT2D eigenvalue weighted by molar-refractivity contribution is -0.384. The van der Waals surface area contributed by atoms with E-state index in [4.69, 9.17) is 9.47 Å². The third kappa shape index (κ3) is 5.58. The molecule has 0 saturated carbocycles. The van der Waals surface area contributed by atoms with Crippen LogP contribution in [0.1, 0.15) is 39.7 Å². The minimum Gasteiger partial charge on any atom is -0.465 e. The van der Waals surface area contributed by atoms with Crippen LogP contribution in [0.4, 0.5) is 10.7 Å². The van der Waals surface area contributed by atoms with E-state index in [0.717, 1.165) is 35.8 Å². The summed E-state index contributed by atoms with van der Waals surface area (Å²) >= 11 is 1.34. The zero-order valence-corrected chi connectivity index (χ0v) is 18.4. The van der Waals surface area contributed by atoms with Gasteiger partial charge in [0.05, 0.1) is 17.6 Å². The Morgan fingerprint density at radius 2 is 2.12 bits per heavy atom. The third-order valence-corrected chi connectivity index (χ3v) is 6.16. The van der Waals surface area contributed by atoms with Gasteiger partial charge in [0.2, 0.25) is 0 Å². The molecule has 0 aliphatic heterocycles. The minimum absolute atomic E-state index is 0.102. The molecule has 9 nitrogen and oxygen atoms in total. The summed E-state index contributed by atoms with van der Waals surface area (Å²) in [7, 11) is 1.29. The van der Waals surface area contributed by atoms with Crippen LogP contribution >= 0.6 is 11.3 Å². The molecular formula is C22H22N2O7S. The Kier molecular flexibility index (Phi) is 7.37. The normalized spacial score (nSPS) is 15.1. The Labute approximate surface area is 188 Å². The molecule has 1 unspecified atom stereocenters. The van der Waals surface area contributed by atoms with Gasteiger partial charge in [-0.3, -0.25) is 14.9 Å². The highest BCUT2D eigenvalue weighted by atomic mass is 32.1. The molecule has 32 heavy (non-hydrogen) atoms. The first-order valence-electron chi connectivity index (χ1n) is 9.90. The molecule has 1 N–H and O–H groups in total. The topological polar surface area (TPSA) is 125 Å². The number of methoxy groups -OCH3 is 1. The quantitative estimate of drug-likeness (QED) is 0.290. The van der Waals surface area contributed by atoms with Crippen LogP contribution in [-0.4, -0.2) is 36.5 Å². The van der Waals surface area contributed by atoms with Crippen molar-refractivity contribution < 1.29 is 28.8 Å². The summed E-state index contributed by atoms with van der Waals surface area (Å²) in [6.45, 7) is 1.59. The van der Waals surface area contributed by atoms with E-state index in [9.17, 15) is 24.5 Å². The number of carbonyl (C=O) groups excluding carboxylic acids is 3. The molecule has 0 radical (unpaired) electrons. The van der Waals surface area contributed by atoms with Crippen molar-refractivity contribution in [3.8, 4) is 0 Å². The summed E-state index contributed by atoms with van der Waals surface area (Å²) in [6.07, 6.45) is 4.96. The van der Waals surface area contributed by atoms with Crippen LogP contribution in [0.3, 0.4) is 0 Å². The molecule has 1 aromatic heterocycles. The van der Waals surface area contributed by atoms with Crippen LogP contribution < -0.4 is 5.32 Å². The van der Waals surface area contributed by atoms with Gasteiger partial charge in [-0.1, -0.05) is 19.1 Å². The van der Waals surface area contributed by atoms with Crippen LogP contribution in [0, 0.1) is 16.0 Å². The second-order valence-electron chi connectivity index (χ2n) is 7.39. The lowest BCUT2D eigenvalue weighted by Crippen LogP contribution is -2.21. The highest BCUT2D eigenvalue weighted by Gasteiger charge is 2.29. The van der Waals surface area contributed by atoms with Crippen molar-refractivity contribution in [3.63, 3.8) is 0 Å². The van der Waals surface area contributed by atoms with Crippen molar-refractivity contribution in [1.29, 1.82) is 0 Å². The lowest BCUT2D eigenvalue weighted by Gasteiger charge is -2.18. The number of benzene rings is 1. The van der Waals surface area contributed by atoms with Crippen molar-refractivity contribution in [2.24, 2.45) is 5.92 Å². The highest BCUT2D eigenvalue weighted by Crippen LogP contribution is 2.40. The van der Waals surface area contributed by atoms with Gasteiger partial charge in [-0.15, -0.1) is 11.3 Å². The van der Waals surface area contributed by atoms with Gasteiger partial charge in [-0.05, 0) is 42.4 Å². The number of anilines is 1. The van der Waals surface area contributed by atoms with Gasteiger partial charge in [-0.2, -0.15) is 0 Å². The zero-order chi connectivity index (χ0) is 23.3. The second-order valence-corrected chi connectivity index (χ2v) is 8.49. The number of esters is 2. The summed E-state index contributed by atoms with van der Waals surface area (Å²) < 4.78 is 9.82. The van der Waals surface area contributed by atoms with E-state index in [2.05, 4.69) is 12.2 Å². The first-order chi connectivity index (χ1) is 15.3. The summed E-state index contributed by atoms with van der Waals surface area (Å²) in [6, 6.07) is 5.74. The molecule has 1 aliphatic rings. The number of fused-ring (bicyclic) bond motifs is 1. The number of nitrogens with one attached hydrogen (secondary N) is 1. The minimum atomic E-state index is -0.779. The molecular weight excluding hydrogens is 436 g/mol. The Hall–Kier alpha value is -3.53. The van der Waals surface area contributed by atoms with Gasteiger partial charge in [0.25, 0.3) is 11.6 Å². The molecule has 10 heteroatoms. The molecule has 1 aliphatic carbocycles. The first kappa shape index (κ1) is 23.1. The molecule has 1 heterocycles. The number of amides is 1. The zero-order valence-electron chi connectivity index (χ0n) is 17.6. The largest absolute Gasteiger partial charge is 0.465 e. The van der Waals surface area contributed by atoms with Crippen LogP contribution in [0.2, 0.25) is 0 Å². The fourth-order valence-corrected chi connectivity index (χ4v) is 4.83. The summed E-state index contributed by atoms with van der Waals surface area (Å²) in [5, 5.41) is 13.8. The molecule has 1 aromatic carbocycles. The van der Waals surface area contributed by atoms with E-state index < -0.39 is 29.4 Å². The monoisotopic (exact) mass is 458 g/mol. The standard InChI is InChI=1S/C22H22N2O7S/c1-13-6-8-16-17(10-13)32-21(20(16)22(27)30-2)23-18(25)12-31-19(26)9-7-14-4-3-5-15(11-14)24(28)29/h3-5,7,9,11,13H,6,8,10,12H2,1-2H3,(H,23,25). The molecule has 1 atom stereocenters. The number of carbonyl (C=O) groups is 3. The van der Waals surface area contributed by atoms with Crippen LogP contribution in [-0.2, 0) is 31.9 Å². The molecule has 0 saturated heterocycles. The summed E-state index contributed by atoms with van der Waals surface area (Å²) in [5.41, 5.74) is 1.62.